The lowest BCUT2D eigenvalue weighted by atomic mass is 10.2. The number of anilines is 1. The van der Waals surface area contributed by atoms with E-state index in [1.165, 1.54) is 23.1 Å². The van der Waals surface area contributed by atoms with Gasteiger partial charge in [0.25, 0.3) is 0 Å². The number of ether oxygens (including phenoxy) is 1. The maximum absolute atomic E-state index is 12.3. The van der Waals surface area contributed by atoms with Crippen LogP contribution in [0, 0.1) is 0 Å². The number of imidazole rings is 1. The summed E-state index contributed by atoms with van der Waals surface area (Å²) in [6.45, 7) is 4.83. The molecule has 9 nitrogen and oxygen atoms in total. The summed E-state index contributed by atoms with van der Waals surface area (Å²) in [5.41, 5.74) is -0.620. The summed E-state index contributed by atoms with van der Waals surface area (Å²) >= 11 is 3.20. The van der Waals surface area contributed by atoms with Gasteiger partial charge in [0.05, 0.1) is 10.8 Å². The van der Waals surface area contributed by atoms with Crippen molar-refractivity contribution in [3.8, 4) is 0 Å². The Bertz CT molecular complexity index is 845. The van der Waals surface area contributed by atoms with E-state index in [0.29, 0.717) is 4.90 Å². The Labute approximate surface area is 148 Å². The number of aromatic nitrogens is 3. The molecule has 24 heavy (non-hydrogen) atoms. The largest absolute Gasteiger partial charge is 0.464 e. The number of carbonyl (C=O) groups excluding carboxylic acids is 1. The SMILES string of the molecule is CS(=O)c1nc(N(C(=O)O)C(=O)OC(C)(C)C)c(Br)c2nccn12. The first-order valence-corrected chi connectivity index (χ1v) is 9.00. The van der Waals surface area contributed by atoms with Gasteiger partial charge < -0.3 is 9.84 Å². The summed E-state index contributed by atoms with van der Waals surface area (Å²) in [6.07, 6.45) is 1.66. The zero-order valence-corrected chi connectivity index (χ0v) is 15.7. The van der Waals surface area contributed by atoms with Crippen molar-refractivity contribution in [2.24, 2.45) is 0 Å². The normalized spacial score (nSPS) is 12.9. The van der Waals surface area contributed by atoms with Gasteiger partial charge in [-0.2, -0.15) is 4.90 Å². The fourth-order valence-electron chi connectivity index (χ4n) is 1.83. The van der Waals surface area contributed by atoms with Gasteiger partial charge >= 0.3 is 12.2 Å². The third-order valence-electron chi connectivity index (χ3n) is 2.68. The van der Waals surface area contributed by atoms with Crippen molar-refractivity contribution in [1.29, 1.82) is 0 Å². The first-order chi connectivity index (χ1) is 11.0. The molecule has 1 N–H and O–H groups in total. The number of fused-ring (bicyclic) bond motifs is 1. The zero-order valence-electron chi connectivity index (χ0n) is 13.3. The van der Waals surface area contributed by atoms with Crippen molar-refractivity contribution in [3.63, 3.8) is 0 Å². The molecule has 0 radical (unpaired) electrons. The van der Waals surface area contributed by atoms with Gasteiger partial charge in [-0.15, -0.1) is 0 Å². The van der Waals surface area contributed by atoms with Crippen LogP contribution in [0.2, 0.25) is 0 Å². The number of hydrogen-bond acceptors (Lipinski definition) is 6. The van der Waals surface area contributed by atoms with Crippen molar-refractivity contribution in [2.45, 2.75) is 31.5 Å². The third-order valence-corrected chi connectivity index (χ3v) is 4.19. The maximum Gasteiger partial charge on any atom is 0.425 e. The molecule has 0 saturated heterocycles. The number of rotatable bonds is 2. The summed E-state index contributed by atoms with van der Waals surface area (Å²) in [4.78, 5) is 32.3. The molecule has 0 aliphatic rings. The Hall–Kier alpha value is -2.01. The van der Waals surface area contributed by atoms with Crippen LogP contribution in [0.1, 0.15) is 20.8 Å². The smallest absolute Gasteiger partial charge is 0.425 e. The van der Waals surface area contributed by atoms with Gasteiger partial charge in [0, 0.05) is 18.6 Å². The number of carbonyl (C=O) groups is 2. The Kier molecular flexibility index (Phi) is 4.95. The van der Waals surface area contributed by atoms with E-state index in [1.807, 2.05) is 0 Å². The minimum Gasteiger partial charge on any atom is -0.464 e. The van der Waals surface area contributed by atoms with E-state index < -0.39 is 28.6 Å². The number of amides is 2. The van der Waals surface area contributed by atoms with Gasteiger partial charge in [-0.1, -0.05) is 0 Å². The Balaban J connectivity index is 2.67. The summed E-state index contributed by atoms with van der Waals surface area (Å²) < 4.78 is 18.6. The maximum atomic E-state index is 12.3. The van der Waals surface area contributed by atoms with E-state index in [-0.39, 0.29) is 21.1 Å². The fraction of sp³-hybridized carbons (Fsp3) is 0.385. The number of carboxylic acid groups (broad SMARTS) is 1. The quantitative estimate of drug-likeness (QED) is 0.745. The average molecular weight is 419 g/mol. The molecule has 1 atom stereocenters. The van der Waals surface area contributed by atoms with Crippen molar-refractivity contribution >= 4 is 50.4 Å². The van der Waals surface area contributed by atoms with E-state index in [9.17, 15) is 18.9 Å². The van der Waals surface area contributed by atoms with Crippen LogP contribution in [0.5, 0.6) is 0 Å². The molecular formula is C13H15BrN4O5S. The number of imide groups is 1. The van der Waals surface area contributed by atoms with E-state index in [4.69, 9.17) is 4.74 Å². The predicted molar refractivity (Wildman–Crippen MR) is 89.8 cm³/mol. The highest BCUT2D eigenvalue weighted by Crippen LogP contribution is 2.30. The lowest BCUT2D eigenvalue weighted by molar-refractivity contribution is 0.0580. The lowest BCUT2D eigenvalue weighted by Gasteiger charge is -2.24. The monoisotopic (exact) mass is 418 g/mol. The van der Waals surface area contributed by atoms with Gasteiger partial charge in [-0.25, -0.2) is 19.6 Å². The van der Waals surface area contributed by atoms with Crippen LogP contribution in [-0.2, 0) is 15.5 Å². The molecule has 2 aromatic rings. The molecule has 0 aliphatic carbocycles. The number of halogens is 1. The summed E-state index contributed by atoms with van der Waals surface area (Å²) in [5.74, 6) is -0.263. The predicted octanol–water partition coefficient (Wildman–Crippen LogP) is 2.65. The molecule has 0 aromatic carbocycles. The van der Waals surface area contributed by atoms with E-state index in [2.05, 4.69) is 25.9 Å². The van der Waals surface area contributed by atoms with Crippen LogP contribution >= 0.6 is 15.9 Å². The second-order valence-electron chi connectivity index (χ2n) is 5.71. The molecule has 11 heteroatoms. The average Bonchev–Trinajstić information content (AvgIpc) is 2.88. The zero-order chi connectivity index (χ0) is 18.2. The molecule has 2 aromatic heterocycles. The number of hydrogen-bond donors (Lipinski definition) is 1. The summed E-state index contributed by atoms with van der Waals surface area (Å²) in [5, 5.41) is 9.48. The van der Waals surface area contributed by atoms with Crippen LogP contribution in [0.3, 0.4) is 0 Å². The van der Waals surface area contributed by atoms with Gasteiger partial charge in [0.1, 0.15) is 10.1 Å². The second-order valence-corrected chi connectivity index (χ2v) is 7.77. The Morgan fingerprint density at radius 1 is 1.42 bits per heavy atom. The van der Waals surface area contributed by atoms with Crippen LogP contribution in [0.15, 0.2) is 22.0 Å². The van der Waals surface area contributed by atoms with Gasteiger partial charge in [0.15, 0.2) is 11.5 Å². The Morgan fingerprint density at radius 2 is 2.04 bits per heavy atom. The third kappa shape index (κ3) is 3.56. The second kappa shape index (κ2) is 6.48. The van der Waals surface area contributed by atoms with Crippen molar-refractivity contribution in [3.05, 3.63) is 16.9 Å². The first-order valence-electron chi connectivity index (χ1n) is 6.65. The molecule has 0 saturated carbocycles. The van der Waals surface area contributed by atoms with Crippen LogP contribution in [0.25, 0.3) is 5.65 Å². The van der Waals surface area contributed by atoms with Gasteiger partial charge in [-0.3, -0.25) is 8.61 Å². The molecule has 130 valence electrons. The minimum absolute atomic E-state index is 0.0514. The Morgan fingerprint density at radius 3 is 2.54 bits per heavy atom. The molecule has 0 fully saturated rings. The molecule has 2 heterocycles. The van der Waals surface area contributed by atoms with E-state index in [0.717, 1.165) is 0 Å². The molecule has 0 bridgehead atoms. The van der Waals surface area contributed by atoms with E-state index >= 15 is 0 Å². The molecule has 2 amide bonds. The molecule has 1 unspecified atom stereocenters. The van der Waals surface area contributed by atoms with Crippen molar-refractivity contribution in [1.82, 2.24) is 14.4 Å². The fourth-order valence-corrected chi connectivity index (χ4v) is 3.03. The molecule has 0 spiro atoms. The van der Waals surface area contributed by atoms with Crippen LogP contribution in [-0.4, -0.2) is 47.7 Å². The number of nitrogens with zero attached hydrogens (tertiary/aromatic N) is 4. The minimum atomic E-state index is -1.58. The van der Waals surface area contributed by atoms with E-state index in [1.54, 1.807) is 20.8 Å². The molecule has 2 rings (SSSR count). The van der Waals surface area contributed by atoms with Gasteiger partial charge in [-0.05, 0) is 36.7 Å². The van der Waals surface area contributed by atoms with Crippen LogP contribution in [0.4, 0.5) is 15.4 Å². The lowest BCUT2D eigenvalue weighted by Crippen LogP contribution is -2.41. The highest BCUT2D eigenvalue weighted by atomic mass is 79.9. The topological polar surface area (TPSA) is 114 Å². The standard InChI is InChI=1S/C13H15BrN4O5S/c1-13(2,3)23-12(21)18(11(19)20)9-7(14)8-15-5-6-17(8)10(16-9)24(4)22/h5-6H,1-4H3,(H,19,20). The highest BCUT2D eigenvalue weighted by Gasteiger charge is 2.33. The summed E-state index contributed by atoms with van der Waals surface area (Å²) in [6, 6.07) is 0. The van der Waals surface area contributed by atoms with Crippen molar-refractivity contribution in [2.75, 3.05) is 11.2 Å². The molecular weight excluding hydrogens is 404 g/mol. The molecule has 0 aliphatic heterocycles. The summed E-state index contributed by atoms with van der Waals surface area (Å²) in [7, 11) is -1.54. The van der Waals surface area contributed by atoms with Crippen molar-refractivity contribution < 1.29 is 23.6 Å². The van der Waals surface area contributed by atoms with Gasteiger partial charge in [0.2, 0.25) is 5.16 Å². The first kappa shape index (κ1) is 18.3. The van der Waals surface area contributed by atoms with Crippen LogP contribution < -0.4 is 4.90 Å². The highest BCUT2D eigenvalue weighted by molar-refractivity contribution is 9.10.